The van der Waals surface area contributed by atoms with Crippen LogP contribution in [0.5, 0.6) is 5.75 Å². The second-order valence-corrected chi connectivity index (χ2v) is 8.41. The Bertz CT molecular complexity index is 1100. The van der Waals surface area contributed by atoms with Gasteiger partial charge in [-0.3, -0.25) is 14.5 Å². The molecule has 0 radical (unpaired) electrons. The van der Waals surface area contributed by atoms with E-state index in [1.54, 1.807) is 4.90 Å². The van der Waals surface area contributed by atoms with Gasteiger partial charge in [-0.25, -0.2) is 0 Å². The standard InChI is InChI=1S/C23H25N5O3S/c1-16(28-18-10-6-7-11-19(18)31-14-21(28)30)22-25-26-23(27(22)2)32-15-20(29)24-13-12-17-8-4-3-5-9-17/h3-11,16H,12-15H2,1-2H3,(H,24,29)/t16-/m0/s1. The molecular weight excluding hydrogens is 426 g/mol. The lowest BCUT2D eigenvalue weighted by molar-refractivity contribution is -0.122. The third-order valence-electron chi connectivity index (χ3n) is 5.29. The predicted octanol–water partition coefficient (Wildman–Crippen LogP) is 2.75. The lowest BCUT2D eigenvalue weighted by Gasteiger charge is -2.33. The van der Waals surface area contributed by atoms with Crippen molar-refractivity contribution in [1.82, 2.24) is 20.1 Å². The number of amides is 2. The number of hydrogen-bond donors (Lipinski definition) is 1. The van der Waals surface area contributed by atoms with Gasteiger partial charge in [0.2, 0.25) is 5.91 Å². The van der Waals surface area contributed by atoms with Gasteiger partial charge in [-0.1, -0.05) is 54.2 Å². The van der Waals surface area contributed by atoms with E-state index in [9.17, 15) is 9.59 Å². The van der Waals surface area contributed by atoms with Crippen LogP contribution in [0.4, 0.5) is 5.69 Å². The first kappa shape index (κ1) is 21.9. The van der Waals surface area contributed by atoms with Crippen molar-refractivity contribution in [2.75, 3.05) is 23.8 Å². The third-order valence-corrected chi connectivity index (χ3v) is 6.31. The fourth-order valence-corrected chi connectivity index (χ4v) is 4.40. The Morgan fingerprint density at radius 1 is 1.16 bits per heavy atom. The first-order valence-corrected chi connectivity index (χ1v) is 11.4. The number of carbonyl (C=O) groups is 2. The number of hydrogen-bond acceptors (Lipinski definition) is 6. The molecule has 4 rings (SSSR count). The zero-order valence-corrected chi connectivity index (χ0v) is 18.8. The van der Waals surface area contributed by atoms with Crippen LogP contribution in [0.2, 0.25) is 0 Å². The molecule has 1 aromatic heterocycles. The number of carbonyl (C=O) groups excluding carboxylic acids is 2. The van der Waals surface area contributed by atoms with E-state index in [2.05, 4.69) is 15.5 Å². The number of anilines is 1. The fraction of sp³-hybridized carbons (Fsp3) is 0.304. The maximum absolute atomic E-state index is 12.6. The Balaban J connectivity index is 1.36. The summed E-state index contributed by atoms with van der Waals surface area (Å²) in [4.78, 5) is 26.5. The number of aromatic nitrogens is 3. The average molecular weight is 452 g/mol. The zero-order chi connectivity index (χ0) is 22.5. The molecule has 2 heterocycles. The Morgan fingerprint density at radius 2 is 1.91 bits per heavy atom. The van der Waals surface area contributed by atoms with Crippen molar-refractivity contribution >= 4 is 29.3 Å². The molecule has 0 unspecified atom stereocenters. The van der Waals surface area contributed by atoms with E-state index in [4.69, 9.17) is 4.74 Å². The van der Waals surface area contributed by atoms with Crippen LogP contribution < -0.4 is 15.0 Å². The number of benzene rings is 2. The van der Waals surface area contributed by atoms with E-state index in [0.717, 1.165) is 6.42 Å². The van der Waals surface area contributed by atoms with Crippen molar-refractivity contribution in [3.63, 3.8) is 0 Å². The highest BCUT2D eigenvalue weighted by atomic mass is 32.2. The van der Waals surface area contributed by atoms with Crippen LogP contribution in [0.3, 0.4) is 0 Å². The van der Waals surface area contributed by atoms with Gasteiger partial charge in [-0.2, -0.15) is 0 Å². The normalized spacial score (nSPS) is 13.9. The molecule has 9 heteroatoms. The lowest BCUT2D eigenvalue weighted by Crippen LogP contribution is -2.41. The summed E-state index contributed by atoms with van der Waals surface area (Å²) in [5.41, 5.74) is 1.90. The third kappa shape index (κ3) is 4.77. The second-order valence-electron chi connectivity index (χ2n) is 7.47. The number of nitrogens with one attached hydrogen (secondary N) is 1. The van der Waals surface area contributed by atoms with E-state index < -0.39 is 0 Å². The Hall–Kier alpha value is -3.33. The topological polar surface area (TPSA) is 89.4 Å². The minimum absolute atomic E-state index is 0.00996. The van der Waals surface area contributed by atoms with Gasteiger partial charge in [0.1, 0.15) is 5.75 Å². The van der Waals surface area contributed by atoms with Crippen LogP contribution in [-0.2, 0) is 23.1 Å². The molecule has 2 amide bonds. The summed E-state index contributed by atoms with van der Waals surface area (Å²) in [6.07, 6.45) is 0.790. The summed E-state index contributed by atoms with van der Waals surface area (Å²) in [6.45, 7) is 2.49. The molecule has 1 aliphatic rings. The molecule has 32 heavy (non-hydrogen) atoms. The lowest BCUT2D eigenvalue weighted by atomic mass is 10.1. The molecule has 3 aromatic rings. The zero-order valence-electron chi connectivity index (χ0n) is 18.0. The number of rotatable bonds is 8. The molecule has 1 atom stereocenters. The van der Waals surface area contributed by atoms with Crippen molar-refractivity contribution < 1.29 is 14.3 Å². The van der Waals surface area contributed by atoms with Gasteiger partial charge < -0.3 is 14.6 Å². The average Bonchev–Trinajstić information content (AvgIpc) is 3.18. The Kier molecular flexibility index (Phi) is 6.75. The number of nitrogens with zero attached hydrogens (tertiary/aromatic N) is 4. The van der Waals surface area contributed by atoms with Gasteiger partial charge in [0.15, 0.2) is 17.6 Å². The number of ether oxygens (including phenoxy) is 1. The molecule has 166 valence electrons. The van der Waals surface area contributed by atoms with Crippen LogP contribution in [0.15, 0.2) is 59.8 Å². The molecular formula is C23H25N5O3S. The van der Waals surface area contributed by atoms with Crippen molar-refractivity contribution in [1.29, 1.82) is 0 Å². The van der Waals surface area contributed by atoms with E-state index in [0.29, 0.717) is 29.0 Å². The van der Waals surface area contributed by atoms with Gasteiger partial charge in [-0.05, 0) is 31.0 Å². The van der Waals surface area contributed by atoms with Gasteiger partial charge >= 0.3 is 0 Å². The van der Waals surface area contributed by atoms with Crippen LogP contribution in [0, 0.1) is 0 Å². The number of thioether (sulfide) groups is 1. The van der Waals surface area contributed by atoms with Gasteiger partial charge in [0, 0.05) is 13.6 Å². The smallest absolute Gasteiger partial charge is 0.265 e. The van der Waals surface area contributed by atoms with Crippen LogP contribution in [0.25, 0.3) is 0 Å². The van der Waals surface area contributed by atoms with Crippen molar-refractivity contribution in [3.05, 3.63) is 66.0 Å². The summed E-state index contributed by atoms with van der Waals surface area (Å²) in [5.74, 6) is 1.37. The molecule has 0 bridgehead atoms. The van der Waals surface area contributed by atoms with E-state index in [-0.39, 0.29) is 30.2 Å². The quantitative estimate of drug-likeness (QED) is 0.530. The summed E-state index contributed by atoms with van der Waals surface area (Å²) in [6, 6.07) is 17.1. The van der Waals surface area contributed by atoms with Crippen LogP contribution >= 0.6 is 11.8 Å². The Morgan fingerprint density at radius 3 is 2.72 bits per heavy atom. The SMILES string of the molecule is C[C@@H](c1nnc(SCC(=O)NCCc2ccccc2)n1C)N1C(=O)COc2ccccc21. The van der Waals surface area contributed by atoms with Gasteiger partial charge in [0.05, 0.1) is 17.5 Å². The van der Waals surface area contributed by atoms with Crippen molar-refractivity contribution in [2.45, 2.75) is 24.5 Å². The van der Waals surface area contributed by atoms with Crippen LogP contribution in [0.1, 0.15) is 24.4 Å². The summed E-state index contributed by atoms with van der Waals surface area (Å²) in [7, 11) is 1.85. The molecule has 0 saturated heterocycles. The molecule has 8 nitrogen and oxygen atoms in total. The molecule has 0 fully saturated rings. The van der Waals surface area contributed by atoms with Gasteiger partial charge in [-0.15, -0.1) is 10.2 Å². The predicted molar refractivity (Wildman–Crippen MR) is 123 cm³/mol. The minimum atomic E-state index is -0.334. The first-order chi connectivity index (χ1) is 15.5. The summed E-state index contributed by atoms with van der Waals surface area (Å²) in [5, 5.41) is 12.1. The number of fused-ring (bicyclic) bond motifs is 1. The molecule has 1 N–H and O–H groups in total. The fourth-order valence-electron chi connectivity index (χ4n) is 3.65. The van der Waals surface area contributed by atoms with E-state index >= 15 is 0 Å². The monoisotopic (exact) mass is 451 g/mol. The number of para-hydroxylation sites is 2. The highest BCUT2D eigenvalue weighted by Gasteiger charge is 2.32. The summed E-state index contributed by atoms with van der Waals surface area (Å²) >= 11 is 1.32. The van der Waals surface area contributed by atoms with Gasteiger partial charge in [0.25, 0.3) is 5.91 Å². The molecule has 2 aromatic carbocycles. The van der Waals surface area contributed by atoms with Crippen LogP contribution in [-0.4, -0.2) is 45.5 Å². The molecule has 0 aliphatic carbocycles. The highest BCUT2D eigenvalue weighted by Crippen LogP contribution is 2.37. The van der Waals surface area contributed by atoms with E-state index in [1.807, 2.05) is 73.1 Å². The maximum Gasteiger partial charge on any atom is 0.265 e. The van der Waals surface area contributed by atoms with E-state index in [1.165, 1.54) is 17.3 Å². The highest BCUT2D eigenvalue weighted by molar-refractivity contribution is 7.99. The summed E-state index contributed by atoms with van der Waals surface area (Å²) < 4.78 is 7.36. The Labute approximate surface area is 191 Å². The second kappa shape index (κ2) is 9.86. The van der Waals surface area contributed by atoms with Crippen molar-refractivity contribution in [2.24, 2.45) is 7.05 Å². The minimum Gasteiger partial charge on any atom is -0.482 e. The largest absolute Gasteiger partial charge is 0.482 e. The molecule has 1 aliphatic heterocycles. The molecule has 0 saturated carbocycles. The molecule has 0 spiro atoms. The van der Waals surface area contributed by atoms with Crippen molar-refractivity contribution in [3.8, 4) is 5.75 Å². The first-order valence-electron chi connectivity index (χ1n) is 10.4. The maximum atomic E-state index is 12.6.